The first-order valence-electron chi connectivity index (χ1n) is 7.90. The van der Waals surface area contributed by atoms with Crippen molar-refractivity contribution in [3.63, 3.8) is 0 Å². The van der Waals surface area contributed by atoms with Crippen LogP contribution in [0.1, 0.15) is 16.3 Å². The molecule has 0 unspecified atom stereocenters. The number of carbonyl (C=O) groups is 1. The predicted octanol–water partition coefficient (Wildman–Crippen LogP) is 3.41. The molecule has 0 atom stereocenters. The van der Waals surface area contributed by atoms with E-state index in [4.69, 9.17) is 11.6 Å². The van der Waals surface area contributed by atoms with Crippen molar-refractivity contribution in [2.24, 2.45) is 0 Å². The van der Waals surface area contributed by atoms with Crippen molar-refractivity contribution in [2.45, 2.75) is 19.5 Å². The van der Waals surface area contributed by atoms with Crippen molar-refractivity contribution in [1.29, 1.82) is 0 Å². The molecule has 0 bridgehead atoms. The molecule has 1 fully saturated rings. The molecule has 0 aromatic carbocycles. The van der Waals surface area contributed by atoms with E-state index >= 15 is 0 Å². The summed E-state index contributed by atoms with van der Waals surface area (Å²) in [6.45, 7) is 3.72. The van der Waals surface area contributed by atoms with E-state index in [1.807, 2.05) is 12.3 Å². The summed E-state index contributed by atoms with van der Waals surface area (Å²) in [6, 6.07) is 0.881. The minimum Gasteiger partial charge on any atom is -0.352 e. The van der Waals surface area contributed by atoms with Crippen LogP contribution in [0.2, 0.25) is 5.02 Å². The van der Waals surface area contributed by atoms with E-state index in [-0.39, 0.29) is 17.4 Å². The first kappa shape index (κ1) is 18.9. The molecule has 0 aliphatic carbocycles. The molecule has 0 radical (unpaired) electrons. The number of anilines is 1. The topological polar surface area (TPSA) is 49.3 Å². The third-order valence-electron chi connectivity index (χ3n) is 4.05. The van der Waals surface area contributed by atoms with Crippen LogP contribution in [0.15, 0.2) is 17.6 Å². The Bertz CT molecular complexity index is 803. The summed E-state index contributed by atoms with van der Waals surface area (Å²) in [7, 11) is 0. The molecule has 2 aromatic rings. The monoisotopic (exact) mass is 404 g/mol. The van der Waals surface area contributed by atoms with Gasteiger partial charge in [0.15, 0.2) is 0 Å². The van der Waals surface area contributed by atoms with Gasteiger partial charge in [0, 0.05) is 43.4 Å². The summed E-state index contributed by atoms with van der Waals surface area (Å²) < 4.78 is 38.1. The van der Waals surface area contributed by atoms with Gasteiger partial charge in [0.1, 0.15) is 10.8 Å². The number of aryl methyl sites for hydroxylation is 1. The fourth-order valence-electron chi connectivity index (χ4n) is 2.71. The SMILES string of the molecule is Cc1csc(CC(=O)N2CCN(c3ncc(C(F)(F)F)cc3Cl)CC2)n1. The summed E-state index contributed by atoms with van der Waals surface area (Å²) in [5.41, 5.74) is 0.0180. The molecule has 0 spiro atoms. The van der Waals surface area contributed by atoms with Gasteiger partial charge in [-0.3, -0.25) is 4.79 Å². The van der Waals surface area contributed by atoms with Gasteiger partial charge in [-0.1, -0.05) is 11.6 Å². The minimum atomic E-state index is -4.48. The quantitative estimate of drug-likeness (QED) is 0.786. The molecule has 10 heteroatoms. The predicted molar refractivity (Wildman–Crippen MR) is 93.6 cm³/mol. The number of piperazine rings is 1. The van der Waals surface area contributed by atoms with Gasteiger partial charge >= 0.3 is 6.18 Å². The van der Waals surface area contributed by atoms with Crippen molar-refractivity contribution in [2.75, 3.05) is 31.1 Å². The number of aromatic nitrogens is 2. The van der Waals surface area contributed by atoms with Gasteiger partial charge in [-0.05, 0) is 13.0 Å². The second-order valence-corrected chi connectivity index (χ2v) is 7.30. The Morgan fingerprint density at radius 2 is 2.00 bits per heavy atom. The number of carbonyl (C=O) groups excluding carboxylic acids is 1. The van der Waals surface area contributed by atoms with Crippen LogP contribution in [-0.4, -0.2) is 47.0 Å². The van der Waals surface area contributed by atoms with Gasteiger partial charge in [0.25, 0.3) is 0 Å². The van der Waals surface area contributed by atoms with Gasteiger partial charge in [-0.2, -0.15) is 13.2 Å². The average molecular weight is 405 g/mol. The zero-order valence-electron chi connectivity index (χ0n) is 13.9. The van der Waals surface area contributed by atoms with Gasteiger partial charge < -0.3 is 9.80 Å². The molecule has 1 amide bonds. The van der Waals surface area contributed by atoms with Crippen LogP contribution in [-0.2, 0) is 17.4 Å². The van der Waals surface area contributed by atoms with Crippen LogP contribution in [0.4, 0.5) is 19.0 Å². The number of alkyl halides is 3. The van der Waals surface area contributed by atoms with Crippen molar-refractivity contribution in [1.82, 2.24) is 14.9 Å². The molecule has 0 N–H and O–H groups in total. The number of hydrogen-bond acceptors (Lipinski definition) is 5. The normalized spacial score (nSPS) is 15.4. The van der Waals surface area contributed by atoms with Crippen LogP contribution < -0.4 is 4.90 Å². The summed E-state index contributed by atoms with van der Waals surface area (Å²) in [5, 5.41) is 2.64. The standard InChI is InChI=1S/C16H16ClF3N4OS/c1-10-9-26-13(22-10)7-14(25)23-2-4-24(5-3-23)15-12(17)6-11(8-21-15)16(18,19)20/h6,8-9H,2-5,7H2,1H3. The Labute approximate surface area is 157 Å². The molecule has 140 valence electrons. The number of thiazole rings is 1. The number of halogens is 4. The molecule has 3 heterocycles. The fraction of sp³-hybridized carbons (Fsp3) is 0.438. The highest BCUT2D eigenvalue weighted by Gasteiger charge is 2.32. The van der Waals surface area contributed by atoms with Crippen molar-refractivity contribution in [3.8, 4) is 0 Å². The van der Waals surface area contributed by atoms with Gasteiger partial charge in [-0.25, -0.2) is 9.97 Å². The lowest BCUT2D eigenvalue weighted by Gasteiger charge is -2.35. The van der Waals surface area contributed by atoms with Crippen LogP contribution in [0.3, 0.4) is 0 Å². The highest BCUT2D eigenvalue weighted by molar-refractivity contribution is 7.09. The van der Waals surface area contributed by atoms with Crippen LogP contribution >= 0.6 is 22.9 Å². The van der Waals surface area contributed by atoms with Crippen molar-refractivity contribution in [3.05, 3.63) is 38.9 Å². The van der Waals surface area contributed by atoms with E-state index in [9.17, 15) is 18.0 Å². The molecule has 3 rings (SSSR count). The van der Waals surface area contributed by atoms with E-state index in [1.54, 1.807) is 9.80 Å². The van der Waals surface area contributed by atoms with Crippen LogP contribution in [0, 0.1) is 6.92 Å². The number of rotatable bonds is 3. The van der Waals surface area contributed by atoms with E-state index in [1.165, 1.54) is 11.3 Å². The molecular weight excluding hydrogens is 389 g/mol. The van der Waals surface area contributed by atoms with Gasteiger partial charge in [-0.15, -0.1) is 11.3 Å². The lowest BCUT2D eigenvalue weighted by molar-refractivity contribution is -0.137. The zero-order valence-corrected chi connectivity index (χ0v) is 15.5. The summed E-state index contributed by atoms with van der Waals surface area (Å²) in [4.78, 5) is 24.0. The summed E-state index contributed by atoms with van der Waals surface area (Å²) in [6.07, 6.45) is -3.43. The minimum absolute atomic E-state index is 0.00882. The summed E-state index contributed by atoms with van der Waals surface area (Å²) >= 11 is 7.44. The van der Waals surface area contributed by atoms with Crippen LogP contribution in [0.25, 0.3) is 0 Å². The Kier molecular flexibility index (Phi) is 5.38. The Morgan fingerprint density at radius 1 is 1.31 bits per heavy atom. The molecule has 2 aromatic heterocycles. The fourth-order valence-corrected chi connectivity index (χ4v) is 3.76. The van der Waals surface area contributed by atoms with E-state index < -0.39 is 11.7 Å². The largest absolute Gasteiger partial charge is 0.417 e. The van der Waals surface area contributed by atoms with Gasteiger partial charge in [0.2, 0.25) is 5.91 Å². The lowest BCUT2D eigenvalue weighted by Crippen LogP contribution is -2.49. The molecule has 1 aliphatic heterocycles. The molecule has 26 heavy (non-hydrogen) atoms. The van der Waals surface area contributed by atoms with E-state index in [2.05, 4.69) is 9.97 Å². The average Bonchev–Trinajstić information content (AvgIpc) is 2.99. The van der Waals surface area contributed by atoms with Gasteiger partial charge in [0.05, 0.1) is 17.0 Å². The highest BCUT2D eigenvalue weighted by Crippen LogP contribution is 2.33. The zero-order chi connectivity index (χ0) is 18.9. The Hall–Kier alpha value is -1.87. The number of hydrogen-bond donors (Lipinski definition) is 0. The number of nitrogens with zero attached hydrogens (tertiary/aromatic N) is 4. The maximum Gasteiger partial charge on any atom is 0.417 e. The first-order chi connectivity index (χ1) is 12.2. The second-order valence-electron chi connectivity index (χ2n) is 5.95. The maximum atomic E-state index is 12.7. The molecule has 5 nitrogen and oxygen atoms in total. The van der Waals surface area contributed by atoms with E-state index in [0.717, 1.165) is 23.0 Å². The molecule has 1 aliphatic rings. The third kappa shape index (κ3) is 4.27. The van der Waals surface area contributed by atoms with Crippen molar-refractivity contribution < 1.29 is 18.0 Å². The lowest BCUT2D eigenvalue weighted by atomic mass is 10.2. The number of pyridine rings is 1. The molecular formula is C16H16ClF3N4OS. The Morgan fingerprint density at radius 3 is 2.54 bits per heavy atom. The number of amides is 1. The highest BCUT2D eigenvalue weighted by atomic mass is 35.5. The van der Waals surface area contributed by atoms with Crippen LogP contribution in [0.5, 0.6) is 0 Å². The first-order valence-corrected chi connectivity index (χ1v) is 9.16. The smallest absolute Gasteiger partial charge is 0.352 e. The maximum absolute atomic E-state index is 12.7. The van der Waals surface area contributed by atoms with Crippen molar-refractivity contribution >= 4 is 34.7 Å². The second kappa shape index (κ2) is 7.40. The van der Waals surface area contributed by atoms with E-state index in [0.29, 0.717) is 32.0 Å². The third-order valence-corrected chi connectivity index (χ3v) is 5.29. The summed E-state index contributed by atoms with van der Waals surface area (Å²) in [5.74, 6) is 0.299. The Balaban J connectivity index is 1.60. The molecule has 1 saturated heterocycles. The molecule has 0 saturated carbocycles.